The third-order valence-electron chi connectivity index (χ3n) is 6.06. The third kappa shape index (κ3) is 8.64. The van der Waals surface area contributed by atoms with Crippen LogP contribution < -0.4 is 4.74 Å². The van der Waals surface area contributed by atoms with Crippen molar-refractivity contribution in [2.24, 2.45) is 0 Å². The van der Waals surface area contributed by atoms with Crippen molar-refractivity contribution in [2.45, 2.75) is 31.6 Å². The molecule has 0 unspecified atom stereocenters. The van der Waals surface area contributed by atoms with Crippen molar-refractivity contribution >= 4 is 5.97 Å². The maximum absolute atomic E-state index is 11.1. The van der Waals surface area contributed by atoms with Crippen LogP contribution in [0, 0.1) is 0 Å². The van der Waals surface area contributed by atoms with Gasteiger partial charge in [0.15, 0.2) is 0 Å². The van der Waals surface area contributed by atoms with E-state index in [4.69, 9.17) is 4.74 Å². The Labute approximate surface area is 213 Å². The number of methoxy groups -OCH3 is 1. The average molecular weight is 490 g/mol. The third-order valence-corrected chi connectivity index (χ3v) is 6.06. The van der Waals surface area contributed by atoms with Gasteiger partial charge < -0.3 is 19.7 Å². The van der Waals surface area contributed by atoms with Crippen molar-refractivity contribution in [3.63, 3.8) is 0 Å². The van der Waals surface area contributed by atoms with Crippen LogP contribution in [0.2, 0.25) is 0 Å². The van der Waals surface area contributed by atoms with Crippen LogP contribution >= 0.6 is 0 Å². The molecule has 6 nitrogen and oxygen atoms in total. The zero-order valence-electron chi connectivity index (χ0n) is 20.9. The first-order valence-electron chi connectivity index (χ1n) is 12.1. The van der Waals surface area contributed by atoms with Gasteiger partial charge in [-0.3, -0.25) is 4.90 Å². The van der Waals surface area contributed by atoms with Gasteiger partial charge >= 0.3 is 5.97 Å². The van der Waals surface area contributed by atoms with E-state index in [-0.39, 0.29) is 12.6 Å². The van der Waals surface area contributed by atoms with Crippen LogP contribution in [-0.2, 0) is 16.0 Å². The quantitative estimate of drug-likeness (QED) is 0.272. The molecule has 0 aliphatic rings. The van der Waals surface area contributed by atoms with Crippen LogP contribution in [0.4, 0.5) is 0 Å². The highest BCUT2D eigenvalue weighted by Crippen LogP contribution is 2.22. The van der Waals surface area contributed by atoms with Gasteiger partial charge in [0.1, 0.15) is 12.4 Å². The molecule has 0 aliphatic heterocycles. The Morgan fingerprint density at radius 2 is 1.39 bits per heavy atom. The lowest BCUT2D eigenvalue weighted by atomic mass is 10.0. The zero-order chi connectivity index (χ0) is 25.8. The van der Waals surface area contributed by atoms with E-state index in [2.05, 4.69) is 16.6 Å². The average Bonchev–Trinajstić information content (AvgIpc) is 2.92. The number of hydrogen-bond acceptors (Lipinski definition) is 6. The molecule has 0 saturated heterocycles. The molecule has 6 heteroatoms. The summed E-state index contributed by atoms with van der Waals surface area (Å²) in [7, 11) is 1.33. The van der Waals surface area contributed by atoms with Crippen molar-refractivity contribution in [1.82, 2.24) is 4.90 Å². The summed E-state index contributed by atoms with van der Waals surface area (Å²) in [6, 6.07) is 27.1. The molecule has 0 radical (unpaired) electrons. The minimum absolute atomic E-state index is 0.0662. The Kier molecular flexibility index (Phi) is 10.7. The summed E-state index contributed by atoms with van der Waals surface area (Å²) in [5.41, 5.74) is 2.83. The van der Waals surface area contributed by atoms with Gasteiger partial charge in [0.25, 0.3) is 0 Å². The summed E-state index contributed by atoms with van der Waals surface area (Å²) in [4.78, 5) is 13.3. The lowest BCUT2D eigenvalue weighted by Gasteiger charge is -2.33. The molecule has 0 fully saturated rings. The molecular formula is C30H35NO5. The Hall–Kier alpha value is -3.45. The van der Waals surface area contributed by atoms with Crippen LogP contribution in [0.5, 0.6) is 5.75 Å². The van der Waals surface area contributed by atoms with E-state index in [1.165, 1.54) is 13.2 Å². The topological polar surface area (TPSA) is 79.2 Å². The number of rotatable bonds is 13. The first kappa shape index (κ1) is 27.1. The van der Waals surface area contributed by atoms with Crippen molar-refractivity contribution in [1.29, 1.82) is 0 Å². The fourth-order valence-electron chi connectivity index (χ4n) is 3.99. The molecule has 2 N–H and O–H groups in total. The van der Waals surface area contributed by atoms with Crippen LogP contribution in [0.25, 0.3) is 0 Å². The molecule has 0 spiro atoms. The van der Waals surface area contributed by atoms with Gasteiger partial charge in [0.05, 0.1) is 19.3 Å². The summed E-state index contributed by atoms with van der Waals surface area (Å²) >= 11 is 0. The summed E-state index contributed by atoms with van der Waals surface area (Å²) in [6.45, 7) is 3.19. The molecule has 0 aromatic heterocycles. The molecule has 3 rings (SSSR count). The van der Waals surface area contributed by atoms with E-state index in [9.17, 15) is 15.0 Å². The summed E-state index contributed by atoms with van der Waals surface area (Å²) < 4.78 is 10.2. The predicted octanol–water partition coefficient (Wildman–Crippen LogP) is 4.49. The highest BCUT2D eigenvalue weighted by molar-refractivity contribution is 5.81. The second-order valence-electron chi connectivity index (χ2n) is 8.74. The molecule has 0 saturated carbocycles. The van der Waals surface area contributed by atoms with Gasteiger partial charge in [-0.15, -0.1) is 0 Å². The highest BCUT2D eigenvalue weighted by Gasteiger charge is 2.22. The van der Waals surface area contributed by atoms with Crippen molar-refractivity contribution < 1.29 is 24.5 Å². The van der Waals surface area contributed by atoms with Crippen molar-refractivity contribution in [2.75, 3.05) is 26.8 Å². The monoisotopic (exact) mass is 489 g/mol. The number of esters is 1. The maximum atomic E-state index is 11.1. The van der Waals surface area contributed by atoms with Crippen LogP contribution in [0.15, 0.2) is 97.1 Å². The smallest absolute Gasteiger partial charge is 0.330 e. The summed E-state index contributed by atoms with van der Waals surface area (Å²) in [5.74, 6) is 0.291. The van der Waals surface area contributed by atoms with Crippen LogP contribution in [-0.4, -0.2) is 53.9 Å². The van der Waals surface area contributed by atoms with Gasteiger partial charge in [-0.1, -0.05) is 72.8 Å². The molecular weight excluding hydrogens is 454 g/mol. The lowest BCUT2D eigenvalue weighted by Crippen LogP contribution is -2.40. The van der Waals surface area contributed by atoms with Crippen LogP contribution in [0.1, 0.15) is 35.8 Å². The molecule has 0 aliphatic carbocycles. The number of nitrogens with zero attached hydrogens (tertiary/aromatic N) is 1. The predicted molar refractivity (Wildman–Crippen MR) is 141 cm³/mol. The first-order chi connectivity index (χ1) is 17.5. The molecule has 0 heterocycles. The number of aliphatic hydroxyl groups excluding tert-OH is 2. The molecule has 3 aromatic rings. The molecule has 0 bridgehead atoms. The number of ether oxygens (including phenoxy) is 2. The second-order valence-corrected chi connectivity index (χ2v) is 8.74. The minimum Gasteiger partial charge on any atom is -0.490 e. The largest absolute Gasteiger partial charge is 0.490 e. The summed E-state index contributed by atoms with van der Waals surface area (Å²) in [5, 5.41) is 21.8. The van der Waals surface area contributed by atoms with Gasteiger partial charge in [-0.05, 0) is 48.2 Å². The number of benzene rings is 3. The summed E-state index contributed by atoms with van der Waals surface area (Å²) in [6.07, 6.45) is 2.36. The molecule has 3 aromatic carbocycles. The number of carbonyl (C=O) groups excluding carboxylic acids is 1. The van der Waals surface area contributed by atoms with Gasteiger partial charge in [-0.25, -0.2) is 4.79 Å². The normalized spacial score (nSPS) is 13.9. The van der Waals surface area contributed by atoms with Gasteiger partial charge in [0.2, 0.25) is 0 Å². The SMILES string of the molecule is COC(=O)/C=C/COc1ccc(C[C@@H](C)N(C[C@@H](O)c2ccccc2)C[C@@H](O)c2ccccc2)cc1. The molecule has 36 heavy (non-hydrogen) atoms. The van der Waals surface area contributed by atoms with Crippen molar-refractivity contribution in [3.05, 3.63) is 114 Å². The minimum atomic E-state index is -0.662. The second kappa shape index (κ2) is 14.2. The standard InChI is InChI=1S/C30H35NO5/c1-23(20-24-15-17-27(18-16-24)36-19-9-14-30(34)35-2)31(21-28(32)25-10-5-3-6-11-25)22-29(33)26-12-7-4-8-13-26/h3-18,23,28-29,32-33H,19-22H2,1-2H3/b14-9+/t23-,28-,29-/m1/s1. The number of carbonyl (C=O) groups is 1. The maximum Gasteiger partial charge on any atom is 0.330 e. The molecule has 3 atom stereocenters. The van der Waals surface area contributed by atoms with E-state index in [0.29, 0.717) is 18.8 Å². The Morgan fingerprint density at radius 1 is 0.861 bits per heavy atom. The lowest BCUT2D eigenvalue weighted by molar-refractivity contribution is -0.134. The van der Waals surface area contributed by atoms with E-state index in [0.717, 1.165) is 23.1 Å². The Bertz CT molecular complexity index is 1020. The number of hydrogen-bond donors (Lipinski definition) is 2. The Balaban J connectivity index is 1.65. The first-order valence-corrected chi connectivity index (χ1v) is 12.1. The Morgan fingerprint density at radius 3 is 1.89 bits per heavy atom. The van der Waals surface area contributed by atoms with E-state index >= 15 is 0 Å². The molecule has 0 amide bonds. The number of aliphatic hydroxyl groups is 2. The van der Waals surface area contributed by atoms with E-state index in [1.54, 1.807) is 6.08 Å². The van der Waals surface area contributed by atoms with Crippen LogP contribution in [0.3, 0.4) is 0 Å². The molecule has 190 valence electrons. The highest BCUT2D eigenvalue weighted by atomic mass is 16.5. The van der Waals surface area contributed by atoms with E-state index in [1.807, 2.05) is 84.9 Å². The van der Waals surface area contributed by atoms with E-state index < -0.39 is 18.2 Å². The fraction of sp³-hybridized carbons (Fsp3) is 0.300. The zero-order valence-corrected chi connectivity index (χ0v) is 20.9. The van der Waals surface area contributed by atoms with Gasteiger partial charge in [-0.2, -0.15) is 0 Å². The van der Waals surface area contributed by atoms with Crippen molar-refractivity contribution in [3.8, 4) is 5.75 Å². The van der Waals surface area contributed by atoms with Gasteiger partial charge in [0, 0.05) is 25.2 Å². The fourth-order valence-corrected chi connectivity index (χ4v) is 3.99.